The lowest BCUT2D eigenvalue weighted by Crippen LogP contribution is -2.51. The minimum Gasteiger partial charge on any atom is -0.468 e. The normalized spacial score (nSPS) is 22.9. The quantitative estimate of drug-likeness (QED) is 0.797. The Kier molecular flexibility index (Phi) is 2.91. The molecule has 16 heavy (non-hydrogen) atoms. The van der Waals surface area contributed by atoms with E-state index < -0.39 is 5.54 Å². The first-order chi connectivity index (χ1) is 7.61. The van der Waals surface area contributed by atoms with Gasteiger partial charge in [0, 0.05) is 17.9 Å². The lowest BCUT2D eigenvalue weighted by Gasteiger charge is -2.24. The summed E-state index contributed by atoms with van der Waals surface area (Å²) in [5, 5.41) is 3.78. The molecule has 0 aliphatic heterocycles. The number of rotatable bonds is 2. The van der Waals surface area contributed by atoms with E-state index in [0.29, 0.717) is 17.9 Å². The Morgan fingerprint density at radius 2 is 2.12 bits per heavy atom. The molecule has 0 radical (unpaired) electrons. The van der Waals surface area contributed by atoms with Crippen molar-refractivity contribution in [2.45, 2.75) is 18.4 Å². The van der Waals surface area contributed by atoms with Crippen LogP contribution in [0.3, 0.4) is 0 Å². The Bertz CT molecular complexity index is 433. The molecule has 0 aromatic heterocycles. The van der Waals surface area contributed by atoms with Crippen LogP contribution in [-0.4, -0.2) is 25.7 Å². The number of ether oxygens (including phenoxy) is 1. The summed E-state index contributed by atoms with van der Waals surface area (Å²) in [6, 6.07) is 5.74. The van der Waals surface area contributed by atoms with Crippen molar-refractivity contribution in [1.82, 2.24) is 5.32 Å². The van der Waals surface area contributed by atoms with Gasteiger partial charge in [0.05, 0.1) is 7.11 Å². The highest BCUT2D eigenvalue weighted by atomic mass is 35.5. The number of nitrogens with one attached hydrogen (secondary N) is 1. The summed E-state index contributed by atoms with van der Waals surface area (Å²) in [5.41, 5.74) is 1.65. The van der Waals surface area contributed by atoms with Crippen molar-refractivity contribution < 1.29 is 9.53 Å². The van der Waals surface area contributed by atoms with Crippen LogP contribution in [0.15, 0.2) is 18.2 Å². The zero-order chi connectivity index (χ0) is 11.8. The number of methoxy groups -OCH3 is 1. The van der Waals surface area contributed by atoms with Gasteiger partial charge < -0.3 is 10.1 Å². The van der Waals surface area contributed by atoms with Gasteiger partial charge in [0.1, 0.15) is 5.54 Å². The molecule has 1 N–H and O–H groups in total. The fraction of sp³-hybridized carbons (Fsp3) is 0.417. The third-order valence-corrected chi connectivity index (χ3v) is 3.44. The maximum Gasteiger partial charge on any atom is 0.326 e. The van der Waals surface area contributed by atoms with Crippen molar-refractivity contribution in [2.24, 2.45) is 0 Å². The van der Waals surface area contributed by atoms with Crippen LogP contribution in [0.5, 0.6) is 0 Å². The van der Waals surface area contributed by atoms with Crippen LogP contribution < -0.4 is 5.32 Å². The fourth-order valence-corrected chi connectivity index (χ4v) is 2.46. The Balaban J connectivity index is 2.35. The van der Waals surface area contributed by atoms with Gasteiger partial charge >= 0.3 is 5.97 Å². The standard InChI is InChI=1S/C12H14ClNO2/c1-14-12(11(15)16-2)6-8-3-4-10(13)5-9(8)7-12/h3-5,14H,6-7H2,1-2H3. The second kappa shape index (κ2) is 4.07. The Morgan fingerprint density at radius 3 is 2.75 bits per heavy atom. The topological polar surface area (TPSA) is 38.3 Å². The smallest absolute Gasteiger partial charge is 0.326 e. The molecule has 1 aliphatic carbocycles. The number of esters is 1. The maximum atomic E-state index is 11.8. The van der Waals surface area contributed by atoms with E-state index in [9.17, 15) is 4.79 Å². The Hall–Kier alpha value is -1.06. The van der Waals surface area contributed by atoms with Crippen molar-refractivity contribution in [3.05, 3.63) is 34.3 Å². The van der Waals surface area contributed by atoms with Crippen LogP contribution in [0.1, 0.15) is 11.1 Å². The molecular formula is C12H14ClNO2. The van der Waals surface area contributed by atoms with Crippen LogP contribution in [0.2, 0.25) is 5.02 Å². The summed E-state index contributed by atoms with van der Waals surface area (Å²) in [5.74, 6) is -0.220. The van der Waals surface area contributed by atoms with E-state index in [1.807, 2.05) is 18.2 Å². The van der Waals surface area contributed by atoms with Gasteiger partial charge in [-0.2, -0.15) is 0 Å². The molecule has 1 aromatic carbocycles. The van der Waals surface area contributed by atoms with Crippen molar-refractivity contribution in [3.8, 4) is 0 Å². The number of hydrogen-bond donors (Lipinski definition) is 1. The first-order valence-corrected chi connectivity index (χ1v) is 5.54. The first-order valence-electron chi connectivity index (χ1n) is 5.16. The second-order valence-corrected chi connectivity index (χ2v) is 4.53. The molecule has 0 heterocycles. The molecule has 0 spiro atoms. The molecule has 1 aliphatic rings. The zero-order valence-electron chi connectivity index (χ0n) is 9.34. The summed E-state index contributed by atoms with van der Waals surface area (Å²) < 4.78 is 4.86. The predicted molar refractivity (Wildman–Crippen MR) is 62.7 cm³/mol. The molecule has 0 saturated heterocycles. The van der Waals surface area contributed by atoms with Crippen molar-refractivity contribution in [2.75, 3.05) is 14.2 Å². The number of carbonyl (C=O) groups excluding carboxylic acids is 1. The average molecular weight is 240 g/mol. The first kappa shape index (κ1) is 11.4. The Morgan fingerprint density at radius 1 is 1.44 bits per heavy atom. The minimum absolute atomic E-state index is 0.220. The molecule has 0 fully saturated rings. The average Bonchev–Trinajstić information content (AvgIpc) is 2.67. The minimum atomic E-state index is -0.623. The molecule has 4 heteroatoms. The monoisotopic (exact) mass is 239 g/mol. The van der Waals surface area contributed by atoms with Crippen LogP contribution in [0.4, 0.5) is 0 Å². The van der Waals surface area contributed by atoms with E-state index in [2.05, 4.69) is 5.32 Å². The van der Waals surface area contributed by atoms with Crippen molar-refractivity contribution >= 4 is 17.6 Å². The highest BCUT2D eigenvalue weighted by molar-refractivity contribution is 6.30. The van der Waals surface area contributed by atoms with E-state index in [0.717, 1.165) is 11.1 Å². The molecular weight excluding hydrogens is 226 g/mol. The molecule has 1 aromatic rings. The van der Waals surface area contributed by atoms with Crippen LogP contribution >= 0.6 is 11.6 Å². The molecule has 1 unspecified atom stereocenters. The SMILES string of the molecule is CNC1(C(=O)OC)Cc2ccc(Cl)cc2C1. The van der Waals surface area contributed by atoms with Gasteiger partial charge in [-0.1, -0.05) is 17.7 Å². The van der Waals surface area contributed by atoms with E-state index >= 15 is 0 Å². The van der Waals surface area contributed by atoms with Gasteiger partial charge in [-0.15, -0.1) is 0 Å². The van der Waals surface area contributed by atoms with Gasteiger partial charge in [0.2, 0.25) is 0 Å². The highest BCUT2D eigenvalue weighted by Crippen LogP contribution is 2.32. The largest absolute Gasteiger partial charge is 0.468 e. The molecule has 1 atom stereocenters. The van der Waals surface area contributed by atoms with E-state index in [1.54, 1.807) is 7.05 Å². The number of carbonyl (C=O) groups is 1. The number of likely N-dealkylation sites (N-methyl/N-ethyl adjacent to an activating group) is 1. The maximum absolute atomic E-state index is 11.8. The summed E-state index contributed by atoms with van der Waals surface area (Å²) in [6.45, 7) is 0. The van der Waals surface area contributed by atoms with Crippen LogP contribution in [0.25, 0.3) is 0 Å². The predicted octanol–water partition coefficient (Wildman–Crippen LogP) is 1.57. The highest BCUT2D eigenvalue weighted by Gasteiger charge is 2.43. The summed E-state index contributed by atoms with van der Waals surface area (Å²) >= 11 is 5.94. The number of fused-ring (bicyclic) bond motifs is 1. The summed E-state index contributed by atoms with van der Waals surface area (Å²) in [6.07, 6.45) is 1.29. The van der Waals surface area contributed by atoms with Crippen LogP contribution in [0, 0.1) is 0 Å². The van der Waals surface area contributed by atoms with Gasteiger partial charge in [0.15, 0.2) is 0 Å². The lowest BCUT2D eigenvalue weighted by molar-refractivity contribution is -0.148. The van der Waals surface area contributed by atoms with Gasteiger partial charge in [-0.05, 0) is 30.3 Å². The van der Waals surface area contributed by atoms with E-state index in [4.69, 9.17) is 16.3 Å². The van der Waals surface area contributed by atoms with Gasteiger partial charge in [-0.25, -0.2) is 0 Å². The number of benzene rings is 1. The molecule has 0 saturated carbocycles. The van der Waals surface area contributed by atoms with Gasteiger partial charge in [0.25, 0.3) is 0 Å². The van der Waals surface area contributed by atoms with E-state index in [-0.39, 0.29) is 5.97 Å². The summed E-state index contributed by atoms with van der Waals surface area (Å²) in [4.78, 5) is 11.8. The number of hydrogen-bond acceptors (Lipinski definition) is 3. The van der Waals surface area contributed by atoms with Crippen molar-refractivity contribution in [1.29, 1.82) is 0 Å². The Labute approximate surface area is 99.7 Å². The molecule has 2 rings (SSSR count). The van der Waals surface area contributed by atoms with Gasteiger partial charge in [-0.3, -0.25) is 4.79 Å². The molecule has 86 valence electrons. The van der Waals surface area contributed by atoms with Crippen molar-refractivity contribution in [3.63, 3.8) is 0 Å². The van der Waals surface area contributed by atoms with Crippen LogP contribution in [-0.2, 0) is 22.4 Å². The van der Waals surface area contributed by atoms with E-state index in [1.165, 1.54) is 7.11 Å². The molecule has 0 amide bonds. The third-order valence-electron chi connectivity index (χ3n) is 3.21. The third kappa shape index (κ3) is 1.70. The lowest BCUT2D eigenvalue weighted by atomic mass is 9.96. The zero-order valence-corrected chi connectivity index (χ0v) is 10.1. The second-order valence-electron chi connectivity index (χ2n) is 4.09. The fourth-order valence-electron chi connectivity index (χ4n) is 2.26. The molecule has 0 bridgehead atoms. The summed E-state index contributed by atoms with van der Waals surface area (Å²) in [7, 11) is 3.20. The number of halogens is 1. The molecule has 3 nitrogen and oxygen atoms in total.